The smallest absolute Gasteiger partial charge is 0.00755 e. The summed E-state index contributed by atoms with van der Waals surface area (Å²) in [4.78, 5) is 0. The van der Waals surface area contributed by atoms with E-state index in [9.17, 15) is 0 Å². The number of hydrogen-bond acceptors (Lipinski definition) is 2. The molecule has 1 rings (SSSR count). The molecular weight excluding hydrogens is 166 g/mol. The van der Waals surface area contributed by atoms with Gasteiger partial charge in [-0.1, -0.05) is 27.2 Å². The Morgan fingerprint density at radius 1 is 1.33 bits per heavy atom. The van der Waals surface area contributed by atoms with Gasteiger partial charge in [0, 0.05) is 23.1 Å². The van der Waals surface area contributed by atoms with Crippen molar-refractivity contribution in [2.45, 2.75) is 50.8 Å². The minimum atomic E-state index is 0.432. The van der Waals surface area contributed by atoms with Crippen molar-refractivity contribution in [3.05, 3.63) is 0 Å². The third-order valence-electron chi connectivity index (χ3n) is 2.18. The molecule has 12 heavy (non-hydrogen) atoms. The summed E-state index contributed by atoms with van der Waals surface area (Å²) in [5, 5.41) is 3.57. The maximum atomic E-state index is 3.57. The van der Waals surface area contributed by atoms with E-state index in [1.54, 1.807) is 0 Å². The van der Waals surface area contributed by atoms with Crippen LogP contribution in [0.25, 0.3) is 0 Å². The van der Waals surface area contributed by atoms with E-state index in [2.05, 4.69) is 26.1 Å². The maximum absolute atomic E-state index is 3.57. The highest BCUT2D eigenvalue weighted by atomic mass is 32.2. The fourth-order valence-electron chi connectivity index (χ4n) is 1.23. The molecule has 0 atom stereocenters. The molecule has 0 radical (unpaired) electrons. The third-order valence-corrected chi connectivity index (χ3v) is 3.45. The van der Waals surface area contributed by atoms with E-state index in [-0.39, 0.29) is 0 Å². The molecule has 0 bridgehead atoms. The fraction of sp³-hybridized carbons (Fsp3) is 1.00. The van der Waals surface area contributed by atoms with Gasteiger partial charge in [0.05, 0.1) is 0 Å². The van der Waals surface area contributed by atoms with Gasteiger partial charge in [0.1, 0.15) is 0 Å². The molecule has 1 aliphatic carbocycles. The van der Waals surface area contributed by atoms with Crippen LogP contribution in [0.1, 0.15) is 40.0 Å². The predicted octanol–water partition coefficient (Wildman–Crippen LogP) is 2.66. The highest BCUT2D eigenvalue weighted by Gasteiger charge is 2.16. The van der Waals surface area contributed by atoms with Gasteiger partial charge in [-0.15, -0.1) is 0 Å². The summed E-state index contributed by atoms with van der Waals surface area (Å²) in [5.41, 5.74) is 0. The Bertz CT molecular complexity index is 124. The lowest BCUT2D eigenvalue weighted by Gasteiger charge is -2.27. The summed E-state index contributed by atoms with van der Waals surface area (Å²) in [6, 6.07) is 0.852. The van der Waals surface area contributed by atoms with Gasteiger partial charge < -0.3 is 5.32 Å². The first-order valence-electron chi connectivity index (χ1n) is 4.95. The van der Waals surface area contributed by atoms with Crippen LogP contribution < -0.4 is 5.32 Å². The van der Waals surface area contributed by atoms with Gasteiger partial charge in [0.15, 0.2) is 0 Å². The summed E-state index contributed by atoms with van der Waals surface area (Å²) in [6.07, 6.45) is 4.24. The number of hydrogen-bond donors (Lipinski definition) is 1. The van der Waals surface area contributed by atoms with Crippen LogP contribution in [0.3, 0.4) is 0 Å². The Balaban J connectivity index is 1.88. The fourth-order valence-corrected chi connectivity index (χ4v) is 2.06. The minimum absolute atomic E-state index is 0.432. The summed E-state index contributed by atoms with van der Waals surface area (Å²) in [5.74, 6) is 1.25. The molecule has 0 aromatic heterocycles. The van der Waals surface area contributed by atoms with E-state index in [0.29, 0.717) is 4.75 Å². The maximum Gasteiger partial charge on any atom is 0.00755 e. The van der Waals surface area contributed by atoms with Crippen LogP contribution in [0, 0.1) is 0 Å². The Kier molecular flexibility index (Phi) is 3.91. The van der Waals surface area contributed by atoms with Crippen molar-refractivity contribution in [2.24, 2.45) is 0 Å². The lowest BCUT2D eigenvalue weighted by Crippen LogP contribution is -2.36. The molecule has 0 aliphatic heterocycles. The van der Waals surface area contributed by atoms with Crippen LogP contribution in [0.4, 0.5) is 0 Å². The number of thioether (sulfide) groups is 1. The zero-order valence-corrected chi connectivity index (χ0v) is 9.34. The largest absolute Gasteiger partial charge is 0.313 e. The molecule has 0 aromatic rings. The standard InChI is InChI=1S/C10H21NS/c1-10(2,3)12-8-7-11-9-5-4-6-9/h9,11H,4-8H2,1-3H3. The van der Waals surface area contributed by atoms with E-state index in [1.807, 2.05) is 11.8 Å². The zero-order valence-electron chi connectivity index (χ0n) is 8.52. The highest BCUT2D eigenvalue weighted by molar-refractivity contribution is 8.00. The third kappa shape index (κ3) is 4.36. The lowest BCUT2D eigenvalue weighted by molar-refractivity contribution is 0.347. The summed E-state index contributed by atoms with van der Waals surface area (Å²) >= 11 is 2.05. The van der Waals surface area contributed by atoms with Crippen LogP contribution >= 0.6 is 11.8 Å². The molecule has 1 N–H and O–H groups in total. The van der Waals surface area contributed by atoms with Crippen molar-refractivity contribution >= 4 is 11.8 Å². The normalized spacial score (nSPS) is 19.2. The van der Waals surface area contributed by atoms with Crippen LogP contribution in [-0.4, -0.2) is 23.1 Å². The van der Waals surface area contributed by atoms with Gasteiger partial charge >= 0.3 is 0 Å². The topological polar surface area (TPSA) is 12.0 Å². The average molecular weight is 187 g/mol. The first kappa shape index (κ1) is 10.4. The van der Waals surface area contributed by atoms with Crippen molar-refractivity contribution in [1.29, 1.82) is 0 Å². The predicted molar refractivity (Wildman–Crippen MR) is 57.9 cm³/mol. The second-order valence-electron chi connectivity index (χ2n) is 4.54. The highest BCUT2D eigenvalue weighted by Crippen LogP contribution is 2.23. The quantitative estimate of drug-likeness (QED) is 0.679. The molecule has 0 unspecified atom stereocenters. The van der Waals surface area contributed by atoms with Gasteiger partial charge in [0.25, 0.3) is 0 Å². The van der Waals surface area contributed by atoms with Gasteiger partial charge in [-0.3, -0.25) is 0 Å². The number of rotatable bonds is 4. The van der Waals surface area contributed by atoms with Crippen molar-refractivity contribution in [3.63, 3.8) is 0 Å². The summed E-state index contributed by atoms with van der Waals surface area (Å²) < 4.78 is 0.432. The van der Waals surface area contributed by atoms with Crippen molar-refractivity contribution in [2.75, 3.05) is 12.3 Å². The minimum Gasteiger partial charge on any atom is -0.313 e. The van der Waals surface area contributed by atoms with E-state index in [0.717, 1.165) is 6.04 Å². The molecule has 0 heterocycles. The van der Waals surface area contributed by atoms with Crippen LogP contribution in [0.5, 0.6) is 0 Å². The van der Waals surface area contributed by atoms with E-state index >= 15 is 0 Å². The molecule has 1 aliphatic rings. The van der Waals surface area contributed by atoms with Crippen molar-refractivity contribution in [3.8, 4) is 0 Å². The van der Waals surface area contributed by atoms with Crippen LogP contribution in [-0.2, 0) is 0 Å². The molecule has 0 spiro atoms. The zero-order chi connectivity index (χ0) is 9.03. The van der Waals surface area contributed by atoms with E-state index in [4.69, 9.17) is 0 Å². The SMILES string of the molecule is CC(C)(C)SCCNC1CCC1. The monoisotopic (exact) mass is 187 g/mol. The van der Waals surface area contributed by atoms with E-state index in [1.165, 1.54) is 31.6 Å². The molecule has 1 fully saturated rings. The molecule has 1 nitrogen and oxygen atoms in total. The van der Waals surface area contributed by atoms with Gasteiger partial charge in [-0.05, 0) is 12.8 Å². The Hall–Kier alpha value is 0.310. The van der Waals surface area contributed by atoms with Gasteiger partial charge in [-0.2, -0.15) is 11.8 Å². The molecule has 2 heteroatoms. The molecule has 1 saturated carbocycles. The second kappa shape index (κ2) is 4.52. The van der Waals surface area contributed by atoms with Gasteiger partial charge in [0.2, 0.25) is 0 Å². The van der Waals surface area contributed by atoms with E-state index < -0.39 is 0 Å². The van der Waals surface area contributed by atoms with Crippen LogP contribution in [0.2, 0.25) is 0 Å². The number of nitrogens with one attached hydrogen (secondary N) is 1. The Morgan fingerprint density at radius 3 is 2.42 bits per heavy atom. The Morgan fingerprint density at radius 2 is 2.00 bits per heavy atom. The van der Waals surface area contributed by atoms with Crippen molar-refractivity contribution < 1.29 is 0 Å². The molecular formula is C10H21NS. The molecule has 0 saturated heterocycles. The Labute approximate surface area is 80.7 Å². The summed E-state index contributed by atoms with van der Waals surface area (Å²) in [6.45, 7) is 8.02. The van der Waals surface area contributed by atoms with Crippen molar-refractivity contribution in [1.82, 2.24) is 5.32 Å². The second-order valence-corrected chi connectivity index (χ2v) is 6.46. The molecule has 0 aromatic carbocycles. The summed E-state index contributed by atoms with van der Waals surface area (Å²) in [7, 11) is 0. The van der Waals surface area contributed by atoms with Crippen LogP contribution in [0.15, 0.2) is 0 Å². The average Bonchev–Trinajstić information content (AvgIpc) is 1.80. The van der Waals surface area contributed by atoms with Gasteiger partial charge in [-0.25, -0.2) is 0 Å². The first-order chi connectivity index (χ1) is 5.58. The molecule has 72 valence electrons. The lowest BCUT2D eigenvalue weighted by atomic mass is 9.93. The first-order valence-corrected chi connectivity index (χ1v) is 5.94. The molecule has 0 amide bonds.